The number of sulfonamides is 1. The molecule has 0 amide bonds. The van der Waals surface area contributed by atoms with E-state index < -0.39 is 10.0 Å². The van der Waals surface area contributed by atoms with Gasteiger partial charge in [-0.15, -0.1) is 0 Å². The normalized spacial score (nSPS) is 24.4. The fraction of sp³-hybridized carbons (Fsp3) is 0.438. The van der Waals surface area contributed by atoms with Crippen LogP contribution in [-0.2, 0) is 16.4 Å². The molecule has 2 heterocycles. The first-order valence-corrected chi connectivity index (χ1v) is 10.7. The summed E-state index contributed by atoms with van der Waals surface area (Å²) in [6, 6.07) is 7.03. The van der Waals surface area contributed by atoms with Gasteiger partial charge in [0, 0.05) is 28.8 Å². The maximum Gasteiger partial charge on any atom is 0.287 e. The summed E-state index contributed by atoms with van der Waals surface area (Å²) in [5.74, 6) is 0.538. The summed E-state index contributed by atoms with van der Waals surface area (Å²) in [6.45, 7) is 3.01. The van der Waals surface area contributed by atoms with Crippen molar-refractivity contribution in [3.8, 4) is 0 Å². The van der Waals surface area contributed by atoms with Crippen LogP contribution < -0.4 is 4.06 Å². The number of fused-ring (bicyclic) bond motifs is 3. The van der Waals surface area contributed by atoms with Crippen molar-refractivity contribution in [1.82, 2.24) is 4.31 Å². The second-order valence-electron chi connectivity index (χ2n) is 6.28. The molecule has 4 rings (SSSR count). The lowest BCUT2D eigenvalue weighted by molar-refractivity contribution is 0.436. The molecular weight excluding hydrogens is 350 g/mol. The number of nitrogens with zero attached hydrogens (tertiary/aromatic N) is 1. The van der Waals surface area contributed by atoms with E-state index in [9.17, 15) is 13.2 Å². The molecule has 23 heavy (non-hydrogen) atoms. The van der Waals surface area contributed by atoms with Crippen molar-refractivity contribution in [3.63, 3.8) is 0 Å². The summed E-state index contributed by atoms with van der Waals surface area (Å²) < 4.78 is 27.5. The van der Waals surface area contributed by atoms with Crippen LogP contribution >= 0.6 is 22.7 Å². The Labute approximate surface area is 143 Å². The summed E-state index contributed by atoms with van der Waals surface area (Å²) >= 11 is 2.66. The largest absolute Gasteiger partial charge is 0.287 e. The van der Waals surface area contributed by atoms with E-state index in [1.165, 1.54) is 27.6 Å². The standard InChI is InChI=1S/C16H17NO3S3/c1-10-2-5-12(6-3-10)23(19,20)17-8-11-4-7-14-15(13(11)9-17)22-16(18)21-14/h2-3,5-6,11,13H,4,7-9H2,1H3. The molecule has 1 aromatic carbocycles. The molecule has 7 heteroatoms. The molecule has 2 atom stereocenters. The van der Waals surface area contributed by atoms with Crippen molar-refractivity contribution in [2.75, 3.05) is 13.1 Å². The van der Waals surface area contributed by atoms with Crippen molar-refractivity contribution in [3.05, 3.63) is 48.4 Å². The van der Waals surface area contributed by atoms with Crippen molar-refractivity contribution in [2.24, 2.45) is 5.92 Å². The lowest BCUT2D eigenvalue weighted by Crippen LogP contribution is -2.29. The fourth-order valence-corrected chi connectivity index (χ4v) is 7.57. The van der Waals surface area contributed by atoms with E-state index in [1.54, 1.807) is 16.4 Å². The van der Waals surface area contributed by atoms with E-state index in [4.69, 9.17) is 0 Å². The van der Waals surface area contributed by atoms with Gasteiger partial charge >= 0.3 is 0 Å². The highest BCUT2D eigenvalue weighted by Crippen LogP contribution is 2.45. The number of hydrogen-bond acceptors (Lipinski definition) is 5. The first kappa shape index (κ1) is 15.5. The van der Waals surface area contributed by atoms with Crippen LogP contribution in [0, 0.1) is 12.8 Å². The summed E-state index contributed by atoms with van der Waals surface area (Å²) in [5, 5.41) is 0. The Morgan fingerprint density at radius 2 is 1.87 bits per heavy atom. The Hall–Kier alpha value is -1.02. The SMILES string of the molecule is Cc1ccc(S(=O)(=O)N2CC3CCc4sc(=O)sc4C3C2)cc1. The van der Waals surface area contributed by atoms with E-state index in [1.807, 2.05) is 19.1 Å². The molecular formula is C16H17NO3S3. The smallest absolute Gasteiger partial charge is 0.265 e. The second-order valence-corrected chi connectivity index (χ2v) is 10.6. The molecule has 1 fully saturated rings. The van der Waals surface area contributed by atoms with Crippen LogP contribution in [-0.4, -0.2) is 25.8 Å². The maximum absolute atomic E-state index is 12.9. The number of aryl methyl sites for hydroxylation is 2. The van der Waals surface area contributed by atoms with Gasteiger partial charge in [0.05, 0.1) is 4.90 Å². The Kier molecular flexibility index (Phi) is 3.72. The quantitative estimate of drug-likeness (QED) is 0.820. The van der Waals surface area contributed by atoms with Crippen LogP contribution in [0.15, 0.2) is 34.0 Å². The molecule has 1 saturated heterocycles. The van der Waals surface area contributed by atoms with Gasteiger partial charge in [0.1, 0.15) is 0 Å². The Balaban J connectivity index is 1.66. The van der Waals surface area contributed by atoms with Gasteiger partial charge in [-0.25, -0.2) is 8.42 Å². The molecule has 0 bridgehead atoms. The third-order valence-electron chi connectivity index (χ3n) is 4.82. The first-order valence-electron chi connectivity index (χ1n) is 7.64. The van der Waals surface area contributed by atoms with E-state index >= 15 is 0 Å². The van der Waals surface area contributed by atoms with Crippen molar-refractivity contribution in [1.29, 1.82) is 0 Å². The molecule has 1 aliphatic heterocycles. The summed E-state index contributed by atoms with van der Waals surface area (Å²) in [6.07, 6.45) is 1.89. The van der Waals surface area contributed by atoms with Crippen LogP contribution in [0.1, 0.15) is 27.7 Å². The van der Waals surface area contributed by atoms with Gasteiger partial charge < -0.3 is 0 Å². The Bertz CT molecular complexity index is 895. The lowest BCUT2D eigenvalue weighted by Gasteiger charge is -2.22. The zero-order chi connectivity index (χ0) is 16.2. The number of benzene rings is 1. The van der Waals surface area contributed by atoms with Crippen LogP contribution in [0.3, 0.4) is 0 Å². The monoisotopic (exact) mass is 367 g/mol. The van der Waals surface area contributed by atoms with Gasteiger partial charge in [-0.1, -0.05) is 40.4 Å². The van der Waals surface area contributed by atoms with E-state index in [2.05, 4.69) is 0 Å². The molecule has 4 nitrogen and oxygen atoms in total. The molecule has 122 valence electrons. The molecule has 1 aliphatic carbocycles. The van der Waals surface area contributed by atoms with Gasteiger partial charge in [-0.05, 0) is 37.8 Å². The average molecular weight is 368 g/mol. The minimum atomic E-state index is -3.45. The minimum absolute atomic E-state index is 0.135. The molecule has 2 unspecified atom stereocenters. The zero-order valence-electron chi connectivity index (χ0n) is 12.7. The molecule has 1 aromatic heterocycles. The van der Waals surface area contributed by atoms with Crippen molar-refractivity contribution in [2.45, 2.75) is 30.6 Å². The van der Waals surface area contributed by atoms with E-state index in [0.717, 1.165) is 23.3 Å². The molecule has 0 radical (unpaired) electrons. The number of hydrogen-bond donors (Lipinski definition) is 0. The van der Waals surface area contributed by atoms with Gasteiger partial charge in [0.25, 0.3) is 4.06 Å². The van der Waals surface area contributed by atoms with Gasteiger partial charge in [-0.3, -0.25) is 4.79 Å². The Morgan fingerprint density at radius 1 is 1.13 bits per heavy atom. The predicted molar refractivity (Wildman–Crippen MR) is 93.0 cm³/mol. The third-order valence-corrected chi connectivity index (χ3v) is 9.07. The molecule has 2 aromatic rings. The summed E-state index contributed by atoms with van der Waals surface area (Å²) in [5.41, 5.74) is 1.05. The van der Waals surface area contributed by atoms with Crippen LogP contribution in [0.4, 0.5) is 0 Å². The van der Waals surface area contributed by atoms with Crippen molar-refractivity contribution >= 4 is 32.7 Å². The second kappa shape index (κ2) is 5.51. The predicted octanol–water partition coefficient (Wildman–Crippen LogP) is 2.83. The highest BCUT2D eigenvalue weighted by atomic mass is 32.2. The first-order chi connectivity index (χ1) is 10.9. The van der Waals surface area contributed by atoms with Crippen molar-refractivity contribution < 1.29 is 8.42 Å². The van der Waals surface area contributed by atoms with Crippen LogP contribution in [0.25, 0.3) is 0 Å². The minimum Gasteiger partial charge on any atom is -0.265 e. The fourth-order valence-electron chi connectivity index (χ4n) is 3.57. The summed E-state index contributed by atoms with van der Waals surface area (Å²) in [4.78, 5) is 14.4. The average Bonchev–Trinajstić information content (AvgIpc) is 3.09. The van der Waals surface area contributed by atoms with Crippen LogP contribution in [0.2, 0.25) is 0 Å². The van der Waals surface area contributed by atoms with Crippen LogP contribution in [0.5, 0.6) is 0 Å². The topological polar surface area (TPSA) is 54.5 Å². The third kappa shape index (κ3) is 2.59. The number of rotatable bonds is 2. The van der Waals surface area contributed by atoms with Gasteiger partial charge in [0.2, 0.25) is 10.0 Å². The highest BCUT2D eigenvalue weighted by molar-refractivity contribution is 7.89. The zero-order valence-corrected chi connectivity index (χ0v) is 15.1. The highest BCUT2D eigenvalue weighted by Gasteiger charge is 2.43. The van der Waals surface area contributed by atoms with E-state index in [0.29, 0.717) is 23.9 Å². The summed E-state index contributed by atoms with van der Waals surface area (Å²) in [7, 11) is -3.45. The van der Waals surface area contributed by atoms with Gasteiger partial charge in [0.15, 0.2) is 0 Å². The Morgan fingerprint density at radius 3 is 2.61 bits per heavy atom. The molecule has 0 saturated carbocycles. The lowest BCUT2D eigenvalue weighted by atomic mass is 9.85. The van der Waals surface area contributed by atoms with Gasteiger partial charge in [-0.2, -0.15) is 4.31 Å². The molecule has 0 spiro atoms. The molecule has 2 aliphatic rings. The van der Waals surface area contributed by atoms with E-state index in [-0.39, 0.29) is 9.97 Å². The maximum atomic E-state index is 12.9. The molecule has 0 N–H and O–H groups in total.